The van der Waals surface area contributed by atoms with Gasteiger partial charge in [0.2, 0.25) is 0 Å². The van der Waals surface area contributed by atoms with Crippen LogP contribution in [0.3, 0.4) is 0 Å². The van der Waals surface area contributed by atoms with E-state index in [0.717, 1.165) is 70.7 Å². The fraction of sp³-hybridized carbons (Fsp3) is 0.345. The summed E-state index contributed by atoms with van der Waals surface area (Å²) in [7, 11) is -0.271. The number of piperidine rings is 1. The van der Waals surface area contributed by atoms with Crippen LogP contribution in [-0.4, -0.2) is 53.4 Å². The summed E-state index contributed by atoms with van der Waals surface area (Å²) in [6, 6.07) is 20.3. The van der Waals surface area contributed by atoms with Gasteiger partial charge in [0.25, 0.3) is 0 Å². The van der Waals surface area contributed by atoms with Crippen molar-refractivity contribution in [3.63, 3.8) is 0 Å². The zero-order chi connectivity index (χ0) is 25.1. The molecule has 2 aromatic heterocycles. The summed E-state index contributed by atoms with van der Waals surface area (Å²) in [5.41, 5.74) is 4.73. The number of aromatic amines is 1. The van der Waals surface area contributed by atoms with Gasteiger partial charge in [-0.25, -0.2) is 4.98 Å². The Bertz CT molecular complexity index is 1370. The van der Waals surface area contributed by atoms with Crippen molar-refractivity contribution >= 4 is 34.9 Å². The molecule has 3 heterocycles. The monoisotopic (exact) mass is 502 g/mol. The molecule has 0 saturated carbocycles. The number of benzene rings is 2. The first kappa shape index (κ1) is 24.6. The first-order valence-electron chi connectivity index (χ1n) is 12.9. The lowest BCUT2D eigenvalue weighted by Crippen LogP contribution is -2.35. The topological polar surface area (TPSA) is 70.2 Å². The van der Waals surface area contributed by atoms with Gasteiger partial charge < -0.3 is 24.5 Å². The molecule has 0 spiro atoms. The minimum atomic E-state index is -2.43. The molecule has 0 unspecified atom stereocenters. The Morgan fingerprint density at radius 2 is 1.75 bits per heavy atom. The van der Waals surface area contributed by atoms with Crippen molar-refractivity contribution in [1.29, 1.82) is 0 Å². The van der Waals surface area contributed by atoms with Crippen LogP contribution >= 0.6 is 7.14 Å². The van der Waals surface area contributed by atoms with Gasteiger partial charge in [-0.2, -0.15) is 0 Å². The Balaban J connectivity index is 1.39. The molecule has 6 nitrogen and oxygen atoms in total. The van der Waals surface area contributed by atoms with Crippen molar-refractivity contribution in [2.24, 2.45) is 0 Å². The Morgan fingerprint density at radius 1 is 1.03 bits per heavy atom. The van der Waals surface area contributed by atoms with E-state index in [0.29, 0.717) is 12.3 Å². The van der Waals surface area contributed by atoms with E-state index in [9.17, 15) is 4.57 Å². The fourth-order valence-corrected chi connectivity index (χ4v) is 7.00. The predicted octanol–water partition coefficient (Wildman–Crippen LogP) is 6.47. The lowest BCUT2D eigenvalue weighted by molar-refractivity contribution is 0.114. The molecule has 0 radical (unpaired) electrons. The van der Waals surface area contributed by atoms with Crippen molar-refractivity contribution in [2.45, 2.75) is 32.8 Å². The van der Waals surface area contributed by atoms with Gasteiger partial charge in [-0.1, -0.05) is 26.0 Å². The maximum Gasteiger partial charge on any atom is 0.139 e. The summed E-state index contributed by atoms with van der Waals surface area (Å²) in [5.74, 6) is 0.915. The lowest BCUT2D eigenvalue weighted by atomic mass is 10.1. The highest BCUT2D eigenvalue weighted by Gasteiger charge is 2.23. The molecule has 7 heteroatoms. The average molecular weight is 503 g/mol. The maximum atomic E-state index is 13.5. The highest BCUT2D eigenvalue weighted by atomic mass is 31.2. The average Bonchev–Trinajstić information content (AvgIpc) is 3.36. The van der Waals surface area contributed by atoms with Gasteiger partial charge in [0.05, 0.1) is 5.69 Å². The van der Waals surface area contributed by atoms with E-state index in [1.165, 1.54) is 0 Å². The van der Waals surface area contributed by atoms with E-state index in [-0.39, 0.29) is 6.10 Å². The molecule has 1 aliphatic rings. The van der Waals surface area contributed by atoms with E-state index in [2.05, 4.69) is 57.6 Å². The summed E-state index contributed by atoms with van der Waals surface area (Å²) in [6.45, 7) is 6.18. The third-order valence-corrected chi connectivity index (χ3v) is 10.6. The molecule has 0 bridgehead atoms. The van der Waals surface area contributed by atoms with Crippen LogP contribution in [0.1, 0.15) is 26.7 Å². The first-order valence-corrected chi connectivity index (χ1v) is 14.9. The number of pyridine rings is 1. The molecule has 0 atom stereocenters. The molecule has 1 fully saturated rings. The van der Waals surface area contributed by atoms with Gasteiger partial charge in [-0.3, -0.25) is 0 Å². The third kappa shape index (κ3) is 5.07. The summed E-state index contributed by atoms with van der Waals surface area (Å²) >= 11 is 0. The second-order valence-electron chi connectivity index (χ2n) is 9.61. The molecule has 5 rings (SSSR count). The minimum absolute atomic E-state index is 0.288. The zero-order valence-corrected chi connectivity index (χ0v) is 22.2. The van der Waals surface area contributed by atoms with E-state index in [4.69, 9.17) is 4.74 Å². The number of hydrogen-bond acceptors (Lipinski definition) is 5. The Morgan fingerprint density at radius 3 is 2.47 bits per heavy atom. The van der Waals surface area contributed by atoms with E-state index >= 15 is 0 Å². The summed E-state index contributed by atoms with van der Waals surface area (Å²) in [5, 5.41) is 5.47. The van der Waals surface area contributed by atoms with Crippen LogP contribution in [0, 0.1) is 0 Å². The number of fused-ring (bicyclic) bond motifs is 1. The number of ether oxygens (including phenoxy) is 1. The van der Waals surface area contributed by atoms with Gasteiger partial charge in [0.15, 0.2) is 0 Å². The Labute approximate surface area is 213 Å². The van der Waals surface area contributed by atoms with Crippen LogP contribution in [-0.2, 0) is 4.57 Å². The van der Waals surface area contributed by atoms with Gasteiger partial charge in [0, 0.05) is 53.7 Å². The van der Waals surface area contributed by atoms with Crippen LogP contribution in [0.2, 0.25) is 0 Å². The number of likely N-dealkylation sites (tertiary alicyclic amines) is 1. The number of para-hydroxylation sites is 1. The molecule has 2 aromatic carbocycles. The van der Waals surface area contributed by atoms with E-state index in [1.807, 2.05) is 44.2 Å². The van der Waals surface area contributed by atoms with Crippen LogP contribution in [0.15, 0.2) is 66.9 Å². The van der Waals surface area contributed by atoms with Crippen molar-refractivity contribution in [3.8, 4) is 17.0 Å². The molecule has 4 aromatic rings. The van der Waals surface area contributed by atoms with E-state index in [1.54, 1.807) is 6.20 Å². The molecule has 36 heavy (non-hydrogen) atoms. The number of nitrogens with one attached hydrogen (secondary N) is 2. The molecule has 0 aliphatic carbocycles. The Kier molecular flexibility index (Phi) is 7.17. The van der Waals surface area contributed by atoms with Crippen LogP contribution in [0.25, 0.3) is 22.3 Å². The predicted molar refractivity (Wildman–Crippen MR) is 151 cm³/mol. The number of hydrogen-bond donors (Lipinski definition) is 2. The Hall–Kier alpha value is -3.08. The van der Waals surface area contributed by atoms with Gasteiger partial charge in [0.1, 0.15) is 24.6 Å². The summed E-state index contributed by atoms with van der Waals surface area (Å²) < 4.78 is 19.7. The fourth-order valence-electron chi connectivity index (χ4n) is 4.94. The molecule has 2 N–H and O–H groups in total. The molecular formula is C29H35N4O2P. The van der Waals surface area contributed by atoms with Crippen molar-refractivity contribution in [2.75, 3.05) is 37.8 Å². The van der Waals surface area contributed by atoms with Crippen LogP contribution in [0.5, 0.6) is 5.75 Å². The van der Waals surface area contributed by atoms with Crippen molar-refractivity contribution in [3.05, 3.63) is 66.9 Å². The van der Waals surface area contributed by atoms with E-state index < -0.39 is 7.14 Å². The number of aromatic nitrogens is 2. The molecule has 0 amide bonds. The first-order chi connectivity index (χ1) is 17.5. The summed E-state index contributed by atoms with van der Waals surface area (Å²) in [6.07, 6.45) is 5.52. The number of H-pyrrole nitrogens is 1. The number of rotatable bonds is 8. The highest BCUT2D eigenvalue weighted by Crippen LogP contribution is 2.46. The van der Waals surface area contributed by atoms with Crippen LogP contribution < -0.4 is 15.4 Å². The van der Waals surface area contributed by atoms with Gasteiger partial charge >= 0.3 is 0 Å². The zero-order valence-electron chi connectivity index (χ0n) is 21.3. The number of anilines is 2. The maximum absolute atomic E-state index is 13.5. The normalized spacial score (nSPS) is 15.3. The van der Waals surface area contributed by atoms with Crippen molar-refractivity contribution < 1.29 is 9.30 Å². The molecular weight excluding hydrogens is 467 g/mol. The smallest absolute Gasteiger partial charge is 0.139 e. The quantitative estimate of drug-likeness (QED) is 0.270. The minimum Gasteiger partial charge on any atom is -0.490 e. The third-order valence-electron chi connectivity index (χ3n) is 7.30. The lowest BCUT2D eigenvalue weighted by Gasteiger charge is -2.29. The second kappa shape index (κ2) is 10.5. The number of nitrogens with zero attached hydrogens (tertiary/aromatic N) is 2. The standard InChI is InChI=1S/C29H35N4O2P/c1-4-36(34,5-2)28-9-7-6-8-26(28)31-25-14-17-30-29-24(25)20-27(32-29)21-10-12-22(13-11-21)35-23-15-18-33(3)19-16-23/h6-14,17,20,23H,4-5,15-16,18-19H2,1-3H3,(H2,30,31,32). The largest absolute Gasteiger partial charge is 0.490 e. The SMILES string of the molecule is CCP(=O)(CC)c1ccccc1Nc1ccnc2[nH]c(-c3ccc(OC4CCN(C)CC4)cc3)cc12. The van der Waals surface area contributed by atoms with Crippen LogP contribution in [0.4, 0.5) is 11.4 Å². The summed E-state index contributed by atoms with van der Waals surface area (Å²) in [4.78, 5) is 10.4. The highest BCUT2D eigenvalue weighted by molar-refractivity contribution is 7.71. The molecule has 1 aliphatic heterocycles. The molecule has 1 saturated heterocycles. The second-order valence-corrected chi connectivity index (χ2v) is 13.1. The molecule has 188 valence electrons. The van der Waals surface area contributed by atoms with Crippen molar-refractivity contribution in [1.82, 2.24) is 14.9 Å². The van der Waals surface area contributed by atoms with Gasteiger partial charge in [-0.05, 0) is 74.0 Å². The van der Waals surface area contributed by atoms with Gasteiger partial charge in [-0.15, -0.1) is 0 Å².